The maximum Gasteiger partial charge on any atom is -0.00201 e. The number of hydrogen-bond donors (Lipinski definition) is 0. The van der Waals surface area contributed by atoms with E-state index in [4.69, 9.17) is 0 Å². The van der Waals surface area contributed by atoms with Gasteiger partial charge >= 0.3 is 0 Å². The average Bonchev–Trinajstić information content (AvgIpc) is 3.17. The van der Waals surface area contributed by atoms with Crippen molar-refractivity contribution in [3.8, 4) is 44.5 Å². The Balaban J connectivity index is 1.28. The van der Waals surface area contributed by atoms with Crippen molar-refractivity contribution in [3.63, 3.8) is 0 Å². The lowest BCUT2D eigenvalue weighted by atomic mass is 9.80. The van der Waals surface area contributed by atoms with Crippen LogP contribution in [0.4, 0.5) is 0 Å². The molecule has 0 heterocycles. The quantitative estimate of drug-likeness (QED) is 0.169. The van der Waals surface area contributed by atoms with Crippen LogP contribution in [0, 0.1) is 0 Å². The summed E-state index contributed by atoms with van der Waals surface area (Å²) in [5.74, 6) is 0.637. The Morgan fingerprint density at radius 2 is 0.938 bits per heavy atom. The Labute approximate surface area is 283 Å². The van der Waals surface area contributed by atoms with Gasteiger partial charge in [-0.25, -0.2) is 0 Å². The van der Waals surface area contributed by atoms with Gasteiger partial charge in [0.15, 0.2) is 0 Å². The zero-order valence-electron chi connectivity index (χ0n) is 27.2. The predicted octanol–water partition coefficient (Wildman–Crippen LogP) is 13.9. The molecule has 0 spiro atoms. The summed E-state index contributed by atoms with van der Waals surface area (Å²) in [6, 6.07) is 61.0. The van der Waals surface area contributed by atoms with E-state index in [2.05, 4.69) is 164 Å². The summed E-state index contributed by atoms with van der Waals surface area (Å²) < 4.78 is 0. The lowest BCUT2D eigenvalue weighted by Crippen LogP contribution is -2.04. The first-order valence-electron chi connectivity index (χ1n) is 17.5. The van der Waals surface area contributed by atoms with Gasteiger partial charge in [-0.3, -0.25) is 0 Å². The lowest BCUT2D eigenvalue weighted by Gasteiger charge is -2.24. The van der Waals surface area contributed by atoms with Crippen molar-refractivity contribution >= 4 is 32.3 Å². The summed E-state index contributed by atoms with van der Waals surface area (Å²) in [5, 5.41) is 7.84. The molecule has 1 saturated carbocycles. The summed E-state index contributed by atoms with van der Waals surface area (Å²) in [6.45, 7) is 0. The van der Waals surface area contributed by atoms with Crippen LogP contribution in [0.3, 0.4) is 0 Å². The first-order chi connectivity index (χ1) is 23.8. The van der Waals surface area contributed by atoms with Gasteiger partial charge in [-0.1, -0.05) is 177 Å². The van der Waals surface area contributed by atoms with Crippen LogP contribution in [0.1, 0.15) is 43.6 Å². The molecule has 8 aromatic carbocycles. The normalized spacial score (nSPS) is 13.8. The summed E-state index contributed by atoms with van der Waals surface area (Å²) in [7, 11) is 0. The molecule has 0 bridgehead atoms. The van der Waals surface area contributed by atoms with Crippen molar-refractivity contribution < 1.29 is 0 Å². The van der Waals surface area contributed by atoms with Gasteiger partial charge in [-0.2, -0.15) is 0 Å². The molecule has 0 saturated heterocycles. The van der Waals surface area contributed by atoms with Crippen molar-refractivity contribution in [2.75, 3.05) is 0 Å². The molecule has 0 amide bonds. The SMILES string of the molecule is c1ccc(-c2ccccc2-c2c3ccccc3c(-c3ccc(-c4ccc5ccccc5c4)cc3)c3cc(C4CCCCC4)ccc23)cc1. The Morgan fingerprint density at radius 3 is 1.73 bits per heavy atom. The molecule has 0 nitrogen and oxygen atoms in total. The van der Waals surface area contributed by atoms with Crippen molar-refractivity contribution in [1.82, 2.24) is 0 Å². The molecule has 1 aliphatic rings. The third-order valence-corrected chi connectivity index (χ3v) is 10.7. The second-order valence-corrected chi connectivity index (χ2v) is 13.5. The predicted molar refractivity (Wildman–Crippen MR) is 207 cm³/mol. The van der Waals surface area contributed by atoms with Gasteiger partial charge in [0.1, 0.15) is 0 Å². The van der Waals surface area contributed by atoms with E-state index in [1.807, 2.05) is 0 Å². The van der Waals surface area contributed by atoms with Crippen molar-refractivity contribution in [1.29, 1.82) is 0 Å². The highest BCUT2D eigenvalue weighted by molar-refractivity contribution is 6.22. The van der Waals surface area contributed by atoms with Gasteiger partial charge in [-0.15, -0.1) is 0 Å². The van der Waals surface area contributed by atoms with Gasteiger partial charge in [0.2, 0.25) is 0 Å². The highest BCUT2D eigenvalue weighted by Crippen LogP contribution is 2.47. The molecule has 0 heteroatoms. The molecule has 0 aliphatic heterocycles. The van der Waals surface area contributed by atoms with Crippen LogP contribution in [0.25, 0.3) is 76.8 Å². The summed E-state index contributed by atoms with van der Waals surface area (Å²) in [4.78, 5) is 0. The largest absolute Gasteiger partial charge is 0.0622 e. The highest BCUT2D eigenvalue weighted by atomic mass is 14.3. The van der Waals surface area contributed by atoms with Crippen LogP contribution in [0.2, 0.25) is 0 Å². The molecule has 1 aliphatic carbocycles. The monoisotopic (exact) mass is 614 g/mol. The fourth-order valence-corrected chi connectivity index (χ4v) is 8.26. The molecule has 1 fully saturated rings. The molecule has 0 N–H and O–H groups in total. The maximum absolute atomic E-state index is 2.55. The average molecular weight is 615 g/mol. The van der Waals surface area contributed by atoms with Crippen LogP contribution in [0.15, 0.2) is 164 Å². The molecule has 8 aromatic rings. The number of hydrogen-bond acceptors (Lipinski definition) is 0. The second kappa shape index (κ2) is 12.3. The third kappa shape index (κ3) is 5.09. The zero-order valence-corrected chi connectivity index (χ0v) is 27.2. The van der Waals surface area contributed by atoms with Crippen LogP contribution in [0.5, 0.6) is 0 Å². The van der Waals surface area contributed by atoms with Crippen LogP contribution < -0.4 is 0 Å². The second-order valence-electron chi connectivity index (χ2n) is 13.5. The lowest BCUT2D eigenvalue weighted by molar-refractivity contribution is 0.444. The topological polar surface area (TPSA) is 0 Å². The van der Waals surface area contributed by atoms with E-state index in [0.29, 0.717) is 5.92 Å². The molecule has 0 atom stereocenters. The van der Waals surface area contributed by atoms with E-state index in [1.54, 1.807) is 0 Å². The van der Waals surface area contributed by atoms with Crippen molar-refractivity contribution in [2.45, 2.75) is 38.0 Å². The van der Waals surface area contributed by atoms with Gasteiger partial charge in [0.05, 0.1) is 0 Å². The molecule has 9 rings (SSSR count). The van der Waals surface area contributed by atoms with Gasteiger partial charge in [0, 0.05) is 0 Å². The summed E-state index contributed by atoms with van der Waals surface area (Å²) >= 11 is 0. The fourth-order valence-electron chi connectivity index (χ4n) is 8.26. The molecule has 230 valence electrons. The smallest absolute Gasteiger partial charge is 0.00201 e. The standard InChI is InChI=1S/C48H38/c1-3-13-33(14-4-1)40-29-30-45-46(32-40)47(37-26-23-35(24-27-37)39-28-25-34-15-7-8-18-38(34)31-39)43-21-11-12-22-44(43)48(45)42-20-10-9-19-41(42)36-16-5-2-6-17-36/h2,5-12,15-33H,1,3-4,13-14H2. The molecular weight excluding hydrogens is 577 g/mol. The third-order valence-electron chi connectivity index (χ3n) is 10.7. The number of fused-ring (bicyclic) bond motifs is 3. The summed E-state index contributed by atoms with van der Waals surface area (Å²) in [6.07, 6.45) is 6.61. The number of rotatable bonds is 5. The first-order valence-corrected chi connectivity index (χ1v) is 17.5. The molecule has 0 unspecified atom stereocenters. The highest BCUT2D eigenvalue weighted by Gasteiger charge is 2.22. The zero-order chi connectivity index (χ0) is 31.9. The van der Waals surface area contributed by atoms with Crippen LogP contribution >= 0.6 is 0 Å². The van der Waals surface area contributed by atoms with E-state index in [9.17, 15) is 0 Å². The van der Waals surface area contributed by atoms with E-state index >= 15 is 0 Å². The Kier molecular flexibility index (Phi) is 7.36. The minimum Gasteiger partial charge on any atom is -0.0622 e. The van der Waals surface area contributed by atoms with E-state index in [1.165, 1.54) is 114 Å². The molecular formula is C48H38. The van der Waals surface area contributed by atoms with Crippen LogP contribution in [-0.4, -0.2) is 0 Å². The van der Waals surface area contributed by atoms with Crippen molar-refractivity contribution in [3.05, 3.63) is 169 Å². The fraction of sp³-hybridized carbons (Fsp3) is 0.125. The molecule has 48 heavy (non-hydrogen) atoms. The van der Waals surface area contributed by atoms with E-state index in [0.717, 1.165) is 0 Å². The minimum atomic E-state index is 0.637. The van der Waals surface area contributed by atoms with Crippen LogP contribution in [-0.2, 0) is 0 Å². The molecule has 0 radical (unpaired) electrons. The van der Waals surface area contributed by atoms with E-state index in [-0.39, 0.29) is 0 Å². The Morgan fingerprint density at radius 1 is 0.333 bits per heavy atom. The van der Waals surface area contributed by atoms with Crippen molar-refractivity contribution in [2.24, 2.45) is 0 Å². The van der Waals surface area contributed by atoms with Gasteiger partial charge in [0.25, 0.3) is 0 Å². The first kappa shape index (κ1) is 28.7. The number of benzene rings is 8. The molecule has 0 aromatic heterocycles. The van der Waals surface area contributed by atoms with Gasteiger partial charge in [-0.05, 0) is 107 Å². The minimum absolute atomic E-state index is 0.637. The Hall–Kier alpha value is -5.46. The Bertz CT molecular complexity index is 2410. The van der Waals surface area contributed by atoms with Gasteiger partial charge < -0.3 is 0 Å². The summed E-state index contributed by atoms with van der Waals surface area (Å²) in [5.41, 5.74) is 11.7. The maximum atomic E-state index is 2.55. The van der Waals surface area contributed by atoms with E-state index < -0.39 is 0 Å².